The second-order valence-electron chi connectivity index (χ2n) is 9.68. The number of aromatic nitrogens is 4. The third kappa shape index (κ3) is 2.11. The number of nitrogens with zero attached hydrogens (tertiary/aromatic N) is 4. The van der Waals surface area contributed by atoms with Gasteiger partial charge in [-0.2, -0.15) is 0 Å². The van der Waals surface area contributed by atoms with Crippen LogP contribution in [0.1, 0.15) is 22.3 Å². The maximum atomic E-state index is 5.03. The molecule has 0 N–H and O–H groups in total. The van der Waals surface area contributed by atoms with Crippen LogP contribution < -0.4 is 0 Å². The molecule has 0 saturated heterocycles. The number of benzene rings is 3. The highest BCUT2D eigenvalue weighted by molar-refractivity contribution is 6.20. The van der Waals surface area contributed by atoms with Gasteiger partial charge in [0.2, 0.25) is 0 Å². The molecule has 2 aliphatic rings. The lowest BCUT2D eigenvalue weighted by Gasteiger charge is -2.13. The minimum Gasteiger partial charge on any atom is -0.290 e. The van der Waals surface area contributed by atoms with Gasteiger partial charge < -0.3 is 0 Å². The van der Waals surface area contributed by atoms with Gasteiger partial charge in [-0.3, -0.25) is 14.4 Å². The van der Waals surface area contributed by atoms with E-state index in [1.807, 2.05) is 30.9 Å². The van der Waals surface area contributed by atoms with Crippen LogP contribution in [0.25, 0.3) is 60.6 Å². The van der Waals surface area contributed by atoms with Crippen molar-refractivity contribution >= 4 is 38.4 Å². The molecule has 3 aromatic carbocycles. The van der Waals surface area contributed by atoms with Crippen molar-refractivity contribution in [3.8, 4) is 22.3 Å². The Morgan fingerprint density at radius 2 is 1.46 bits per heavy atom. The van der Waals surface area contributed by atoms with E-state index in [1.165, 1.54) is 60.7 Å². The first-order valence-electron chi connectivity index (χ1n) is 12.0. The highest BCUT2D eigenvalue weighted by atomic mass is 15.0. The largest absolute Gasteiger partial charge is 0.290 e. The summed E-state index contributed by atoms with van der Waals surface area (Å²) < 4.78 is 2.24. The van der Waals surface area contributed by atoms with Gasteiger partial charge in [-0.05, 0) is 69.5 Å². The Hall–Kier alpha value is -4.57. The molecule has 4 nitrogen and oxygen atoms in total. The van der Waals surface area contributed by atoms with Gasteiger partial charge in [-0.25, -0.2) is 4.98 Å². The molecule has 4 aromatic heterocycles. The van der Waals surface area contributed by atoms with Crippen LogP contribution in [0.15, 0.2) is 85.5 Å². The molecule has 35 heavy (non-hydrogen) atoms. The van der Waals surface area contributed by atoms with Crippen LogP contribution in [0.2, 0.25) is 0 Å². The molecular weight excluding hydrogens is 428 g/mol. The molecule has 7 aromatic rings. The van der Waals surface area contributed by atoms with E-state index in [2.05, 4.69) is 69.0 Å². The molecule has 0 bridgehead atoms. The van der Waals surface area contributed by atoms with Gasteiger partial charge in [0, 0.05) is 28.6 Å². The Balaban J connectivity index is 1.44. The van der Waals surface area contributed by atoms with Crippen molar-refractivity contribution in [2.24, 2.45) is 0 Å². The van der Waals surface area contributed by atoms with Gasteiger partial charge in [0.25, 0.3) is 0 Å². The number of hydrogen-bond donors (Lipinski definition) is 0. The molecule has 4 heteroatoms. The van der Waals surface area contributed by atoms with E-state index in [9.17, 15) is 0 Å². The number of rotatable bonds is 0. The van der Waals surface area contributed by atoms with Gasteiger partial charge in [0.05, 0.1) is 23.4 Å². The molecular formula is C31H18N4. The second-order valence-corrected chi connectivity index (χ2v) is 9.68. The summed E-state index contributed by atoms with van der Waals surface area (Å²) in [4.78, 5) is 13.8. The topological polar surface area (TPSA) is 43.1 Å². The Kier molecular flexibility index (Phi) is 3.11. The second kappa shape index (κ2) is 6.10. The number of fused-ring (bicyclic) bond motifs is 16. The molecule has 0 spiro atoms. The molecule has 0 unspecified atom stereocenters. The first kappa shape index (κ1) is 17.8. The quantitative estimate of drug-likeness (QED) is 0.243. The fourth-order valence-corrected chi connectivity index (χ4v) is 6.60. The summed E-state index contributed by atoms with van der Waals surface area (Å²) in [7, 11) is 0. The van der Waals surface area contributed by atoms with E-state index in [-0.39, 0.29) is 0 Å². The van der Waals surface area contributed by atoms with Crippen molar-refractivity contribution < 1.29 is 0 Å². The highest BCUT2D eigenvalue weighted by Crippen LogP contribution is 2.50. The summed E-state index contributed by atoms with van der Waals surface area (Å²) in [6, 6.07) is 22.3. The lowest BCUT2D eigenvalue weighted by molar-refractivity contribution is 1.16. The maximum absolute atomic E-state index is 5.03. The van der Waals surface area contributed by atoms with Gasteiger partial charge in [0.15, 0.2) is 0 Å². The number of pyridine rings is 3. The fourth-order valence-electron chi connectivity index (χ4n) is 6.60. The molecule has 0 radical (unpaired) electrons. The zero-order valence-electron chi connectivity index (χ0n) is 18.8. The summed E-state index contributed by atoms with van der Waals surface area (Å²) >= 11 is 0. The lowest BCUT2D eigenvalue weighted by Crippen LogP contribution is -1.94. The van der Waals surface area contributed by atoms with Crippen LogP contribution >= 0.6 is 0 Å². The van der Waals surface area contributed by atoms with Crippen molar-refractivity contribution in [2.45, 2.75) is 12.8 Å². The van der Waals surface area contributed by atoms with Gasteiger partial charge >= 0.3 is 0 Å². The van der Waals surface area contributed by atoms with Crippen LogP contribution in [0.3, 0.4) is 0 Å². The fraction of sp³-hybridized carbons (Fsp3) is 0.0645. The van der Waals surface area contributed by atoms with Crippen molar-refractivity contribution in [3.05, 3.63) is 108 Å². The summed E-state index contributed by atoms with van der Waals surface area (Å²) in [6.45, 7) is 0. The zero-order chi connectivity index (χ0) is 22.7. The van der Waals surface area contributed by atoms with E-state index in [1.54, 1.807) is 0 Å². The molecule has 2 aliphatic carbocycles. The monoisotopic (exact) mass is 446 g/mol. The minimum atomic E-state index is 0.904. The zero-order valence-corrected chi connectivity index (χ0v) is 18.8. The normalized spacial score (nSPS) is 13.5. The van der Waals surface area contributed by atoms with Crippen molar-refractivity contribution in [1.82, 2.24) is 19.4 Å². The molecule has 0 aliphatic heterocycles. The average Bonchev–Trinajstić information content (AvgIpc) is 3.59. The third-order valence-corrected chi connectivity index (χ3v) is 8.04. The Morgan fingerprint density at radius 1 is 0.629 bits per heavy atom. The van der Waals surface area contributed by atoms with E-state index in [0.717, 1.165) is 35.0 Å². The summed E-state index contributed by atoms with van der Waals surface area (Å²) in [5, 5.41) is 3.67. The SMILES string of the molecule is c1ccc2c(c1)Cc1c-2ccc2c1Cc1ccc3c(c1-2)c1ccncc1n1c2ccncc2nc31. The average molecular weight is 447 g/mol. The van der Waals surface area contributed by atoms with Crippen LogP contribution in [-0.2, 0) is 12.8 Å². The Labute approximate surface area is 200 Å². The first-order valence-corrected chi connectivity index (χ1v) is 12.0. The minimum absolute atomic E-state index is 0.904. The predicted octanol–water partition coefficient (Wildman–Crippen LogP) is 6.73. The van der Waals surface area contributed by atoms with Crippen molar-refractivity contribution in [2.75, 3.05) is 0 Å². The smallest absolute Gasteiger partial charge is 0.146 e. The summed E-state index contributed by atoms with van der Waals surface area (Å²) in [6.07, 6.45) is 9.56. The van der Waals surface area contributed by atoms with E-state index >= 15 is 0 Å². The van der Waals surface area contributed by atoms with Crippen molar-refractivity contribution in [3.63, 3.8) is 0 Å². The molecule has 0 saturated carbocycles. The van der Waals surface area contributed by atoms with E-state index < -0.39 is 0 Å². The van der Waals surface area contributed by atoms with Crippen LogP contribution in [-0.4, -0.2) is 19.4 Å². The van der Waals surface area contributed by atoms with Crippen molar-refractivity contribution in [1.29, 1.82) is 0 Å². The predicted molar refractivity (Wildman–Crippen MR) is 140 cm³/mol. The number of hydrogen-bond acceptors (Lipinski definition) is 3. The van der Waals surface area contributed by atoms with E-state index in [0.29, 0.717) is 0 Å². The molecule has 0 atom stereocenters. The Morgan fingerprint density at radius 3 is 2.46 bits per heavy atom. The first-order chi connectivity index (χ1) is 17.4. The van der Waals surface area contributed by atoms with Crippen LogP contribution in [0.5, 0.6) is 0 Å². The van der Waals surface area contributed by atoms with Gasteiger partial charge in [-0.1, -0.05) is 48.5 Å². The lowest BCUT2D eigenvalue weighted by atomic mass is 9.93. The standard InChI is InChI=1S/C31H18N4/c1-2-4-19-17(3-1)13-24-20(19)7-8-21-25(24)14-18-5-6-23-30(29(18)21)22-9-11-33-16-28(22)35-27-10-12-32-15-26(27)34-31(23)35/h1-12,15-16H,13-14H2. The molecule has 9 rings (SSSR count). The number of imidazole rings is 1. The molecule has 0 fully saturated rings. The summed E-state index contributed by atoms with van der Waals surface area (Å²) in [5.41, 5.74) is 15.4. The summed E-state index contributed by atoms with van der Waals surface area (Å²) in [5.74, 6) is 0. The van der Waals surface area contributed by atoms with Crippen LogP contribution in [0.4, 0.5) is 0 Å². The van der Waals surface area contributed by atoms with E-state index in [4.69, 9.17) is 4.98 Å². The molecule has 4 heterocycles. The molecule has 162 valence electrons. The van der Waals surface area contributed by atoms with Gasteiger partial charge in [0.1, 0.15) is 11.2 Å². The van der Waals surface area contributed by atoms with Gasteiger partial charge in [-0.15, -0.1) is 0 Å². The third-order valence-electron chi connectivity index (χ3n) is 8.04. The maximum Gasteiger partial charge on any atom is 0.146 e. The Bertz CT molecular complexity index is 2070. The molecule has 0 amide bonds. The highest BCUT2D eigenvalue weighted by Gasteiger charge is 2.30. The van der Waals surface area contributed by atoms with Crippen LogP contribution in [0, 0.1) is 0 Å².